The van der Waals surface area contributed by atoms with E-state index >= 15 is 0 Å². The van der Waals surface area contributed by atoms with E-state index in [0.29, 0.717) is 33.4 Å². The summed E-state index contributed by atoms with van der Waals surface area (Å²) in [6, 6.07) is 7.06. The minimum Gasteiger partial charge on any atom is -0.410 e. The number of fused-ring (bicyclic) bond motifs is 1. The van der Waals surface area contributed by atoms with Crippen LogP contribution in [0.5, 0.6) is 0 Å². The number of nitrogens with two attached hydrogens (primary N) is 1. The lowest BCUT2D eigenvalue weighted by atomic mass is 9.82. The Balaban J connectivity index is 1.88. The van der Waals surface area contributed by atoms with Crippen LogP contribution in [0.3, 0.4) is 0 Å². The van der Waals surface area contributed by atoms with E-state index in [0.717, 1.165) is 36.4 Å². The van der Waals surface area contributed by atoms with Crippen LogP contribution in [0.1, 0.15) is 39.2 Å². The molecule has 0 radical (unpaired) electrons. The van der Waals surface area contributed by atoms with Crippen molar-refractivity contribution in [1.29, 1.82) is 0 Å². The zero-order valence-electron chi connectivity index (χ0n) is 16.5. The summed E-state index contributed by atoms with van der Waals surface area (Å²) in [5.41, 5.74) is 1.29. The monoisotopic (exact) mass is 444 g/mol. The summed E-state index contributed by atoms with van der Waals surface area (Å²) < 4.78 is 55.9. The van der Waals surface area contributed by atoms with E-state index in [1.54, 1.807) is 18.2 Å². The molecule has 32 heavy (non-hydrogen) atoms. The Morgan fingerprint density at radius 2 is 1.97 bits per heavy atom. The molecule has 0 unspecified atom stereocenters. The Morgan fingerprint density at radius 1 is 1.19 bits per heavy atom. The third kappa shape index (κ3) is 3.69. The number of carbonyl (C=O) groups excluding carboxylic acids is 1. The molecule has 0 fully saturated rings. The van der Waals surface area contributed by atoms with Gasteiger partial charge in [0, 0.05) is 11.1 Å². The normalized spacial score (nSPS) is 15.3. The van der Waals surface area contributed by atoms with Crippen LogP contribution < -0.4 is 5.90 Å². The Labute approximate surface area is 179 Å². The van der Waals surface area contributed by atoms with Gasteiger partial charge in [-0.2, -0.15) is 24.2 Å². The largest absolute Gasteiger partial charge is 0.434 e. The number of benzene rings is 1. The Hall–Kier alpha value is -3.79. The highest BCUT2D eigenvalue weighted by molar-refractivity contribution is 5.90. The number of hydrogen-bond acceptors (Lipinski definition) is 5. The molecule has 0 atom stereocenters. The van der Waals surface area contributed by atoms with Crippen molar-refractivity contribution in [3.8, 4) is 5.82 Å². The average molecular weight is 444 g/mol. The lowest BCUT2D eigenvalue weighted by molar-refractivity contribution is -0.143. The topological polar surface area (TPSA) is 83.0 Å². The van der Waals surface area contributed by atoms with Crippen LogP contribution in [-0.4, -0.2) is 21.1 Å². The van der Waals surface area contributed by atoms with E-state index < -0.39 is 23.3 Å². The second-order valence-corrected chi connectivity index (χ2v) is 7.09. The van der Waals surface area contributed by atoms with Gasteiger partial charge in [-0.25, -0.2) is 14.1 Å². The van der Waals surface area contributed by atoms with Crippen molar-refractivity contribution in [2.75, 3.05) is 0 Å². The second kappa shape index (κ2) is 8.04. The maximum Gasteiger partial charge on any atom is 0.434 e. The number of nitrogens with zero attached hydrogens (tertiary/aromatic N) is 3. The van der Waals surface area contributed by atoms with E-state index in [9.17, 15) is 22.4 Å². The van der Waals surface area contributed by atoms with Crippen LogP contribution >= 0.6 is 0 Å². The molecule has 1 aliphatic rings. The van der Waals surface area contributed by atoms with Crippen LogP contribution in [0, 0.1) is 5.82 Å². The van der Waals surface area contributed by atoms with Crippen LogP contribution in [0.4, 0.5) is 17.6 Å². The highest BCUT2D eigenvalue weighted by Gasteiger charge is 2.41. The fourth-order valence-corrected chi connectivity index (χ4v) is 3.76. The van der Waals surface area contributed by atoms with Gasteiger partial charge < -0.3 is 4.84 Å². The summed E-state index contributed by atoms with van der Waals surface area (Å²) in [7, 11) is 0. The third-order valence-corrected chi connectivity index (χ3v) is 5.20. The standard InChI is InChI=1S/C22H16F4N4O2/c1-12-16-5-2-13(11-31)8-14(16)3-6-17(12)20(32-27)18-10-29-30(21(18)22(24,25)26)19-7-4-15(23)9-28-19/h2,4-5,7-11H,1,3,6,27H2/b20-17-. The summed E-state index contributed by atoms with van der Waals surface area (Å²) in [6.07, 6.45) is -1.62. The van der Waals surface area contributed by atoms with Crippen molar-refractivity contribution < 1.29 is 27.2 Å². The molecule has 4 rings (SSSR count). The van der Waals surface area contributed by atoms with Crippen molar-refractivity contribution in [2.45, 2.75) is 19.0 Å². The predicted octanol–water partition coefficient (Wildman–Crippen LogP) is 4.50. The Bertz CT molecular complexity index is 1240. The molecular formula is C22H16F4N4O2. The number of allylic oxidation sites excluding steroid dienone is 2. The van der Waals surface area contributed by atoms with Crippen LogP contribution in [0.25, 0.3) is 17.2 Å². The lowest BCUT2D eigenvalue weighted by Gasteiger charge is -2.24. The maximum atomic E-state index is 14.1. The highest BCUT2D eigenvalue weighted by Crippen LogP contribution is 2.42. The number of pyridine rings is 1. The third-order valence-electron chi connectivity index (χ3n) is 5.20. The number of aromatic nitrogens is 3. The van der Waals surface area contributed by atoms with Crippen LogP contribution in [0.2, 0.25) is 0 Å². The molecule has 2 N–H and O–H groups in total. The molecule has 1 aromatic carbocycles. The number of aldehydes is 1. The first-order valence-corrected chi connectivity index (χ1v) is 9.39. The molecule has 2 heterocycles. The first-order chi connectivity index (χ1) is 15.2. The smallest absolute Gasteiger partial charge is 0.410 e. The van der Waals surface area contributed by atoms with E-state index in [1.807, 2.05) is 0 Å². The van der Waals surface area contributed by atoms with Crippen molar-refractivity contribution in [2.24, 2.45) is 5.90 Å². The summed E-state index contributed by atoms with van der Waals surface area (Å²) in [4.78, 5) is 19.7. The minimum absolute atomic E-state index is 0.221. The highest BCUT2D eigenvalue weighted by atomic mass is 19.4. The first-order valence-electron chi connectivity index (χ1n) is 9.39. The van der Waals surface area contributed by atoms with Gasteiger partial charge in [0.1, 0.15) is 12.1 Å². The van der Waals surface area contributed by atoms with E-state index in [-0.39, 0.29) is 18.0 Å². The van der Waals surface area contributed by atoms with Crippen molar-refractivity contribution in [3.63, 3.8) is 0 Å². The fraction of sp³-hybridized carbons (Fsp3) is 0.136. The van der Waals surface area contributed by atoms with Gasteiger partial charge in [-0.15, -0.1) is 0 Å². The second-order valence-electron chi connectivity index (χ2n) is 7.09. The van der Waals surface area contributed by atoms with Crippen LogP contribution in [-0.2, 0) is 17.4 Å². The van der Waals surface area contributed by atoms with E-state index in [1.165, 1.54) is 0 Å². The Kier molecular flexibility index (Phi) is 5.39. The summed E-state index contributed by atoms with van der Waals surface area (Å²) in [6.45, 7) is 4.01. The average Bonchev–Trinajstić information content (AvgIpc) is 3.21. The molecule has 6 nitrogen and oxygen atoms in total. The van der Waals surface area contributed by atoms with Gasteiger partial charge in [0.2, 0.25) is 0 Å². The first kappa shape index (κ1) is 21.4. The molecule has 0 amide bonds. The van der Waals surface area contributed by atoms with Gasteiger partial charge in [0.05, 0.1) is 18.0 Å². The van der Waals surface area contributed by atoms with Gasteiger partial charge in [-0.05, 0) is 47.7 Å². The molecule has 164 valence electrons. The van der Waals surface area contributed by atoms with Crippen molar-refractivity contribution >= 4 is 17.6 Å². The van der Waals surface area contributed by atoms with E-state index in [4.69, 9.17) is 10.7 Å². The molecule has 1 aliphatic carbocycles. The quantitative estimate of drug-likeness (QED) is 0.277. The number of rotatable bonds is 4. The fourth-order valence-electron chi connectivity index (χ4n) is 3.76. The summed E-state index contributed by atoms with van der Waals surface area (Å²) in [5, 5.41) is 3.81. The van der Waals surface area contributed by atoms with Gasteiger partial charge in [0.15, 0.2) is 17.3 Å². The zero-order chi connectivity index (χ0) is 23.0. The van der Waals surface area contributed by atoms with Gasteiger partial charge in [-0.1, -0.05) is 18.7 Å². The summed E-state index contributed by atoms with van der Waals surface area (Å²) >= 11 is 0. The molecular weight excluding hydrogens is 428 g/mol. The molecule has 0 bridgehead atoms. The molecule has 3 aromatic rings. The van der Waals surface area contributed by atoms with Crippen molar-refractivity contribution in [3.05, 3.63) is 88.6 Å². The minimum atomic E-state index is -4.85. The number of alkyl halides is 3. The number of halogens is 4. The molecule has 0 saturated carbocycles. The van der Waals surface area contributed by atoms with Crippen LogP contribution in [0.15, 0.2) is 54.9 Å². The number of aryl methyl sites for hydroxylation is 1. The maximum absolute atomic E-state index is 14.1. The van der Waals surface area contributed by atoms with Gasteiger partial charge in [0.25, 0.3) is 0 Å². The lowest BCUT2D eigenvalue weighted by Crippen LogP contribution is -2.18. The SMILES string of the molecule is C=C1/C(=C(\ON)c2cnn(-c3ccc(F)cn3)c2C(F)(F)F)CCc2cc(C=O)ccc21. The summed E-state index contributed by atoms with van der Waals surface area (Å²) in [5.74, 6) is 4.29. The Morgan fingerprint density at radius 3 is 2.59 bits per heavy atom. The molecule has 0 saturated heterocycles. The van der Waals surface area contributed by atoms with Gasteiger partial charge >= 0.3 is 6.18 Å². The molecule has 10 heteroatoms. The predicted molar refractivity (Wildman–Crippen MR) is 108 cm³/mol. The van der Waals surface area contributed by atoms with E-state index in [2.05, 4.69) is 16.7 Å². The molecule has 0 spiro atoms. The molecule has 2 aromatic heterocycles. The number of hydrogen-bond donors (Lipinski definition) is 1. The van der Waals surface area contributed by atoms with Gasteiger partial charge in [-0.3, -0.25) is 4.79 Å². The molecule has 0 aliphatic heterocycles. The zero-order valence-corrected chi connectivity index (χ0v) is 16.5. The number of carbonyl (C=O) groups is 1. The van der Waals surface area contributed by atoms with Crippen molar-refractivity contribution in [1.82, 2.24) is 14.8 Å².